The van der Waals surface area contributed by atoms with Gasteiger partial charge >= 0.3 is 0 Å². The lowest BCUT2D eigenvalue weighted by atomic mass is 9.89. The topological polar surface area (TPSA) is 18.5 Å². The van der Waals surface area contributed by atoms with Crippen LogP contribution < -0.4 is 15.1 Å². The predicted molar refractivity (Wildman–Crippen MR) is 93.4 cm³/mol. The second-order valence-electron chi connectivity index (χ2n) is 7.15. The van der Waals surface area contributed by atoms with Crippen LogP contribution in [0.5, 0.6) is 0 Å². The van der Waals surface area contributed by atoms with Gasteiger partial charge in [-0.1, -0.05) is 20.8 Å². The SMILES string of the molecule is CCC1(C)CN(c2ccc(N(C)C)cc2)C(C(C)C)CN1. The zero-order chi connectivity index (χ0) is 15.6. The Kier molecular flexibility index (Phi) is 4.82. The van der Waals surface area contributed by atoms with E-state index in [4.69, 9.17) is 0 Å². The van der Waals surface area contributed by atoms with Gasteiger partial charge in [0, 0.05) is 50.1 Å². The summed E-state index contributed by atoms with van der Waals surface area (Å²) in [6.45, 7) is 11.4. The summed E-state index contributed by atoms with van der Waals surface area (Å²) in [5.41, 5.74) is 2.82. The van der Waals surface area contributed by atoms with Gasteiger partial charge in [-0.25, -0.2) is 0 Å². The molecule has 2 unspecified atom stereocenters. The fraction of sp³-hybridized carbons (Fsp3) is 0.667. The summed E-state index contributed by atoms with van der Waals surface area (Å²) in [4.78, 5) is 4.75. The highest BCUT2D eigenvalue weighted by Crippen LogP contribution is 2.29. The van der Waals surface area contributed by atoms with Gasteiger partial charge in [0.15, 0.2) is 0 Å². The van der Waals surface area contributed by atoms with Gasteiger partial charge in [-0.3, -0.25) is 0 Å². The van der Waals surface area contributed by atoms with Crippen LogP contribution >= 0.6 is 0 Å². The van der Waals surface area contributed by atoms with Crippen LogP contribution in [-0.2, 0) is 0 Å². The second-order valence-corrected chi connectivity index (χ2v) is 7.15. The van der Waals surface area contributed by atoms with E-state index >= 15 is 0 Å². The maximum atomic E-state index is 3.76. The largest absolute Gasteiger partial charge is 0.378 e. The van der Waals surface area contributed by atoms with Crippen molar-refractivity contribution in [2.75, 3.05) is 37.0 Å². The summed E-state index contributed by atoms with van der Waals surface area (Å²) in [5.74, 6) is 0.646. The minimum absolute atomic E-state index is 0.214. The Morgan fingerprint density at radius 2 is 1.90 bits per heavy atom. The van der Waals surface area contributed by atoms with Crippen molar-refractivity contribution in [2.45, 2.75) is 45.7 Å². The molecule has 3 nitrogen and oxygen atoms in total. The maximum absolute atomic E-state index is 3.76. The Labute approximate surface area is 130 Å². The molecule has 1 saturated heterocycles. The smallest absolute Gasteiger partial charge is 0.0438 e. The number of nitrogens with one attached hydrogen (secondary N) is 1. The molecule has 1 fully saturated rings. The van der Waals surface area contributed by atoms with Crippen molar-refractivity contribution in [1.29, 1.82) is 0 Å². The van der Waals surface area contributed by atoms with Gasteiger partial charge in [-0.05, 0) is 43.5 Å². The van der Waals surface area contributed by atoms with E-state index < -0.39 is 0 Å². The van der Waals surface area contributed by atoms with E-state index in [2.05, 4.69) is 81.2 Å². The summed E-state index contributed by atoms with van der Waals surface area (Å²) in [7, 11) is 4.18. The maximum Gasteiger partial charge on any atom is 0.0438 e. The van der Waals surface area contributed by atoms with Crippen LogP contribution in [-0.4, -0.2) is 38.8 Å². The number of hydrogen-bond donors (Lipinski definition) is 1. The summed E-state index contributed by atoms with van der Waals surface area (Å²) in [6.07, 6.45) is 1.16. The molecule has 1 aromatic carbocycles. The number of rotatable bonds is 4. The Bertz CT molecular complexity index is 452. The zero-order valence-electron chi connectivity index (χ0n) is 14.5. The van der Waals surface area contributed by atoms with Crippen LogP contribution in [0, 0.1) is 5.92 Å². The van der Waals surface area contributed by atoms with Crippen molar-refractivity contribution in [3.8, 4) is 0 Å². The molecule has 0 amide bonds. The van der Waals surface area contributed by atoms with Crippen LogP contribution in [0.4, 0.5) is 11.4 Å². The molecule has 0 spiro atoms. The van der Waals surface area contributed by atoms with Gasteiger partial charge < -0.3 is 15.1 Å². The van der Waals surface area contributed by atoms with E-state index in [0.717, 1.165) is 19.5 Å². The molecular formula is C18H31N3. The third-order valence-electron chi connectivity index (χ3n) is 4.91. The fourth-order valence-electron chi connectivity index (χ4n) is 3.07. The number of hydrogen-bond acceptors (Lipinski definition) is 3. The quantitative estimate of drug-likeness (QED) is 0.917. The Balaban J connectivity index is 2.26. The van der Waals surface area contributed by atoms with Crippen molar-refractivity contribution in [3.05, 3.63) is 24.3 Å². The first-order chi connectivity index (χ1) is 9.86. The highest BCUT2D eigenvalue weighted by atomic mass is 15.3. The van der Waals surface area contributed by atoms with Gasteiger partial charge in [-0.2, -0.15) is 0 Å². The van der Waals surface area contributed by atoms with Crippen molar-refractivity contribution in [3.63, 3.8) is 0 Å². The van der Waals surface area contributed by atoms with Crippen LogP contribution in [0.1, 0.15) is 34.1 Å². The molecule has 0 radical (unpaired) electrons. The van der Waals surface area contributed by atoms with Crippen LogP contribution in [0.2, 0.25) is 0 Å². The minimum Gasteiger partial charge on any atom is -0.378 e. The third-order valence-corrected chi connectivity index (χ3v) is 4.91. The number of benzene rings is 1. The zero-order valence-corrected chi connectivity index (χ0v) is 14.5. The summed E-state index contributed by atoms with van der Waals surface area (Å²) >= 11 is 0. The Morgan fingerprint density at radius 3 is 2.38 bits per heavy atom. The van der Waals surface area contributed by atoms with E-state index in [1.165, 1.54) is 11.4 Å². The standard InChI is InChI=1S/C18H31N3/c1-7-18(4)13-21(17(12-19-18)14(2)3)16-10-8-15(9-11-16)20(5)6/h8-11,14,17,19H,7,12-13H2,1-6H3. The molecule has 3 heteroatoms. The molecule has 0 aromatic heterocycles. The fourth-order valence-corrected chi connectivity index (χ4v) is 3.07. The third kappa shape index (κ3) is 3.52. The minimum atomic E-state index is 0.214. The summed E-state index contributed by atoms with van der Waals surface area (Å²) in [5, 5.41) is 3.76. The first-order valence-corrected chi connectivity index (χ1v) is 8.15. The highest BCUT2D eigenvalue weighted by Gasteiger charge is 2.35. The van der Waals surface area contributed by atoms with Gasteiger partial charge in [-0.15, -0.1) is 0 Å². The van der Waals surface area contributed by atoms with Gasteiger partial charge in [0.2, 0.25) is 0 Å². The number of anilines is 2. The number of nitrogens with zero attached hydrogens (tertiary/aromatic N) is 2. The van der Waals surface area contributed by atoms with Gasteiger partial charge in [0.1, 0.15) is 0 Å². The van der Waals surface area contributed by atoms with Gasteiger partial charge in [0.05, 0.1) is 0 Å². The first kappa shape index (κ1) is 16.2. The van der Waals surface area contributed by atoms with Crippen molar-refractivity contribution < 1.29 is 0 Å². The van der Waals surface area contributed by atoms with Crippen molar-refractivity contribution in [1.82, 2.24) is 5.32 Å². The van der Waals surface area contributed by atoms with Crippen LogP contribution in [0.3, 0.4) is 0 Å². The molecular weight excluding hydrogens is 258 g/mol. The molecule has 1 aliphatic heterocycles. The van der Waals surface area contributed by atoms with Crippen LogP contribution in [0.15, 0.2) is 24.3 Å². The average molecular weight is 289 g/mol. The molecule has 0 saturated carbocycles. The van der Waals surface area contributed by atoms with E-state index in [1.807, 2.05) is 0 Å². The lowest BCUT2D eigenvalue weighted by Crippen LogP contribution is -2.64. The Morgan fingerprint density at radius 1 is 1.29 bits per heavy atom. The molecule has 0 aliphatic carbocycles. The Hall–Kier alpha value is -1.22. The lowest BCUT2D eigenvalue weighted by Gasteiger charge is -2.48. The second kappa shape index (κ2) is 6.27. The number of piperazine rings is 1. The molecule has 1 aromatic rings. The molecule has 1 aliphatic rings. The monoisotopic (exact) mass is 289 g/mol. The van der Waals surface area contributed by atoms with Crippen molar-refractivity contribution >= 4 is 11.4 Å². The summed E-state index contributed by atoms with van der Waals surface area (Å²) < 4.78 is 0. The first-order valence-electron chi connectivity index (χ1n) is 8.15. The molecule has 1 heterocycles. The van der Waals surface area contributed by atoms with E-state index in [-0.39, 0.29) is 5.54 Å². The molecule has 21 heavy (non-hydrogen) atoms. The van der Waals surface area contributed by atoms with E-state index in [1.54, 1.807) is 0 Å². The highest BCUT2D eigenvalue weighted by molar-refractivity contribution is 5.57. The molecule has 118 valence electrons. The van der Waals surface area contributed by atoms with Gasteiger partial charge in [0.25, 0.3) is 0 Å². The molecule has 2 rings (SSSR count). The molecule has 1 N–H and O–H groups in total. The summed E-state index contributed by atoms with van der Waals surface area (Å²) in [6, 6.07) is 9.55. The molecule has 0 bridgehead atoms. The van der Waals surface area contributed by atoms with Crippen LogP contribution in [0.25, 0.3) is 0 Å². The van der Waals surface area contributed by atoms with Crippen molar-refractivity contribution in [2.24, 2.45) is 5.92 Å². The van der Waals surface area contributed by atoms with E-state index in [9.17, 15) is 0 Å². The normalized spacial score (nSPS) is 26.2. The molecule has 2 atom stereocenters. The predicted octanol–water partition coefficient (Wildman–Crippen LogP) is 3.36. The average Bonchev–Trinajstić information content (AvgIpc) is 2.47. The van der Waals surface area contributed by atoms with E-state index in [0.29, 0.717) is 12.0 Å². The lowest BCUT2D eigenvalue weighted by molar-refractivity contribution is 0.253.